The van der Waals surface area contributed by atoms with Crippen LogP contribution in [0.1, 0.15) is 37.9 Å². The number of urea groups is 1. The zero-order valence-corrected chi connectivity index (χ0v) is 14.0. The van der Waals surface area contributed by atoms with E-state index in [0.717, 1.165) is 6.07 Å². The lowest BCUT2D eigenvalue weighted by Gasteiger charge is -2.30. The number of esters is 1. The molecule has 1 heterocycles. The van der Waals surface area contributed by atoms with E-state index in [1.165, 1.54) is 25.1 Å². The van der Waals surface area contributed by atoms with Crippen LogP contribution in [0.3, 0.4) is 0 Å². The summed E-state index contributed by atoms with van der Waals surface area (Å²) in [5, 5.41) is 4.79. The summed E-state index contributed by atoms with van der Waals surface area (Å²) in [6, 6.07) is 2.90. The Morgan fingerprint density at radius 1 is 1.28 bits per heavy atom. The second kappa shape index (κ2) is 7.16. The van der Waals surface area contributed by atoms with Gasteiger partial charge in [-0.3, -0.25) is 0 Å². The van der Waals surface area contributed by atoms with Crippen molar-refractivity contribution in [3.05, 3.63) is 46.7 Å². The fourth-order valence-electron chi connectivity index (χ4n) is 2.52. The molecule has 0 aromatic heterocycles. The third kappa shape index (κ3) is 4.32. The molecule has 2 N–H and O–H groups in total. The van der Waals surface area contributed by atoms with Gasteiger partial charge in [0.15, 0.2) is 0 Å². The van der Waals surface area contributed by atoms with Gasteiger partial charge in [-0.05, 0) is 24.5 Å². The Balaban J connectivity index is 2.49. The number of halogens is 3. The molecule has 0 bridgehead atoms. The molecule has 0 radical (unpaired) electrons. The van der Waals surface area contributed by atoms with Gasteiger partial charge in [0.2, 0.25) is 0 Å². The van der Waals surface area contributed by atoms with Crippen LogP contribution in [0.5, 0.6) is 0 Å². The van der Waals surface area contributed by atoms with E-state index >= 15 is 0 Å². The van der Waals surface area contributed by atoms with Gasteiger partial charge >= 0.3 is 18.2 Å². The maximum Gasteiger partial charge on any atom is 0.416 e. The number of amides is 2. The molecule has 25 heavy (non-hydrogen) atoms. The van der Waals surface area contributed by atoms with Crippen LogP contribution in [0, 0.1) is 5.92 Å². The molecule has 1 atom stereocenters. The number of hydrogen-bond donors (Lipinski definition) is 2. The number of carbonyl (C=O) groups excluding carboxylic acids is 2. The molecule has 0 fully saturated rings. The highest BCUT2D eigenvalue weighted by atomic mass is 19.4. The predicted molar refractivity (Wildman–Crippen MR) is 84.3 cm³/mol. The average Bonchev–Trinajstić information content (AvgIpc) is 2.51. The largest absolute Gasteiger partial charge is 0.462 e. The summed E-state index contributed by atoms with van der Waals surface area (Å²) in [6.07, 6.45) is -4.62. The van der Waals surface area contributed by atoms with Crippen molar-refractivity contribution in [1.82, 2.24) is 10.6 Å². The molecule has 2 amide bonds. The third-order valence-corrected chi connectivity index (χ3v) is 3.61. The summed E-state index contributed by atoms with van der Waals surface area (Å²) in [5.41, 5.74) is -0.999. The van der Waals surface area contributed by atoms with E-state index in [1.807, 2.05) is 13.8 Å². The Labute approximate surface area is 143 Å². The number of hydrogen-bond acceptors (Lipinski definition) is 3. The Morgan fingerprint density at radius 2 is 1.92 bits per heavy atom. The summed E-state index contributed by atoms with van der Waals surface area (Å²) >= 11 is 0. The highest BCUT2D eigenvalue weighted by Gasteiger charge is 2.39. The summed E-state index contributed by atoms with van der Waals surface area (Å²) in [6.45, 7) is 5.25. The molecule has 136 valence electrons. The molecular formula is C17H19F3N2O3. The van der Waals surface area contributed by atoms with E-state index in [1.54, 1.807) is 0 Å². The molecule has 0 aliphatic carbocycles. The second-order valence-corrected chi connectivity index (χ2v) is 6.15. The van der Waals surface area contributed by atoms with Gasteiger partial charge in [0.05, 0.1) is 23.8 Å². The smallest absolute Gasteiger partial charge is 0.416 e. The molecule has 1 aromatic carbocycles. The van der Waals surface area contributed by atoms with Crippen molar-refractivity contribution in [2.24, 2.45) is 5.92 Å². The Hall–Kier alpha value is -2.51. The quantitative estimate of drug-likeness (QED) is 0.811. The molecule has 1 aliphatic heterocycles. The van der Waals surface area contributed by atoms with E-state index in [9.17, 15) is 22.8 Å². The lowest BCUT2D eigenvalue weighted by atomic mass is 9.91. The number of nitrogens with one attached hydrogen (secondary N) is 2. The summed E-state index contributed by atoms with van der Waals surface area (Å²) < 4.78 is 45.1. The van der Waals surface area contributed by atoms with Crippen LogP contribution in [-0.2, 0) is 15.7 Å². The average molecular weight is 356 g/mol. The van der Waals surface area contributed by atoms with Gasteiger partial charge in [-0.1, -0.05) is 32.0 Å². The van der Waals surface area contributed by atoms with Gasteiger partial charge in [0.1, 0.15) is 0 Å². The second-order valence-electron chi connectivity index (χ2n) is 6.15. The van der Waals surface area contributed by atoms with E-state index < -0.39 is 29.8 Å². The Morgan fingerprint density at radius 3 is 2.52 bits per heavy atom. The normalized spacial score (nSPS) is 18.0. The van der Waals surface area contributed by atoms with E-state index in [-0.39, 0.29) is 29.4 Å². The first kappa shape index (κ1) is 18.8. The van der Waals surface area contributed by atoms with Gasteiger partial charge in [0.25, 0.3) is 0 Å². The van der Waals surface area contributed by atoms with Crippen molar-refractivity contribution in [3.63, 3.8) is 0 Å². The number of allylic oxidation sites excluding steroid dienone is 1. The molecule has 1 unspecified atom stereocenters. The van der Waals surface area contributed by atoms with Crippen molar-refractivity contribution in [2.75, 3.05) is 6.61 Å². The number of carbonyl (C=O) groups is 2. The van der Waals surface area contributed by atoms with Crippen LogP contribution in [0.2, 0.25) is 0 Å². The number of alkyl halides is 3. The molecule has 1 aromatic rings. The lowest BCUT2D eigenvalue weighted by molar-refractivity contribution is -0.142. The lowest BCUT2D eigenvalue weighted by Crippen LogP contribution is -2.46. The molecule has 0 saturated heterocycles. The van der Waals surface area contributed by atoms with Crippen molar-refractivity contribution < 1.29 is 27.5 Å². The molecule has 8 heteroatoms. The number of rotatable bonds is 4. The van der Waals surface area contributed by atoms with Crippen LogP contribution in [0.25, 0.3) is 0 Å². The number of ether oxygens (including phenoxy) is 1. The first-order chi connectivity index (χ1) is 11.6. The first-order valence-electron chi connectivity index (χ1n) is 7.72. The van der Waals surface area contributed by atoms with Gasteiger partial charge in [0, 0.05) is 5.70 Å². The summed E-state index contributed by atoms with van der Waals surface area (Å²) in [4.78, 5) is 24.2. The Bertz CT molecular complexity index is 711. The molecular weight excluding hydrogens is 337 g/mol. The topological polar surface area (TPSA) is 67.4 Å². The van der Waals surface area contributed by atoms with Crippen LogP contribution in [0.15, 0.2) is 35.5 Å². The molecule has 5 nitrogen and oxygen atoms in total. The standard InChI is InChI=1S/C17H19F3N2O3/c1-9(2)8-25-15(23)13-10(3)21-16(24)22-14(13)11-6-4-5-7-12(11)17(18,19)20/h4-7,9,14H,8H2,1-3H3,(H2,21,22,24). The molecule has 0 saturated carbocycles. The highest BCUT2D eigenvalue weighted by molar-refractivity contribution is 5.95. The zero-order valence-electron chi connectivity index (χ0n) is 14.0. The van der Waals surface area contributed by atoms with Crippen LogP contribution >= 0.6 is 0 Å². The van der Waals surface area contributed by atoms with Crippen LogP contribution in [0.4, 0.5) is 18.0 Å². The molecule has 0 spiro atoms. The first-order valence-corrected chi connectivity index (χ1v) is 7.72. The molecule has 1 aliphatic rings. The van der Waals surface area contributed by atoms with E-state index in [2.05, 4.69) is 10.6 Å². The van der Waals surface area contributed by atoms with Crippen molar-refractivity contribution in [2.45, 2.75) is 33.0 Å². The highest BCUT2D eigenvalue weighted by Crippen LogP contribution is 2.38. The van der Waals surface area contributed by atoms with Crippen LogP contribution < -0.4 is 10.6 Å². The van der Waals surface area contributed by atoms with E-state index in [4.69, 9.17) is 4.74 Å². The van der Waals surface area contributed by atoms with Gasteiger partial charge in [-0.15, -0.1) is 0 Å². The van der Waals surface area contributed by atoms with Crippen LogP contribution in [-0.4, -0.2) is 18.6 Å². The maximum absolute atomic E-state index is 13.3. The maximum atomic E-state index is 13.3. The van der Waals surface area contributed by atoms with Gasteiger partial charge in [-0.2, -0.15) is 13.2 Å². The minimum atomic E-state index is -4.62. The van der Waals surface area contributed by atoms with Gasteiger partial charge in [-0.25, -0.2) is 9.59 Å². The fourth-order valence-corrected chi connectivity index (χ4v) is 2.52. The molecule has 2 rings (SSSR count). The van der Waals surface area contributed by atoms with Gasteiger partial charge < -0.3 is 15.4 Å². The third-order valence-electron chi connectivity index (χ3n) is 3.61. The number of benzene rings is 1. The minimum absolute atomic E-state index is 0.0445. The summed E-state index contributed by atoms with van der Waals surface area (Å²) in [7, 11) is 0. The summed E-state index contributed by atoms with van der Waals surface area (Å²) in [5.74, 6) is -0.697. The predicted octanol–water partition coefficient (Wildman–Crippen LogP) is 3.53. The fraction of sp³-hybridized carbons (Fsp3) is 0.412. The van der Waals surface area contributed by atoms with Crippen molar-refractivity contribution in [1.29, 1.82) is 0 Å². The monoisotopic (exact) mass is 356 g/mol. The van der Waals surface area contributed by atoms with Crippen molar-refractivity contribution in [3.8, 4) is 0 Å². The SMILES string of the molecule is CC1=C(C(=O)OCC(C)C)C(c2ccccc2C(F)(F)F)NC(=O)N1. The van der Waals surface area contributed by atoms with E-state index in [0.29, 0.717) is 0 Å². The minimum Gasteiger partial charge on any atom is -0.462 e. The zero-order chi connectivity index (χ0) is 18.8. The van der Waals surface area contributed by atoms with Crippen molar-refractivity contribution >= 4 is 12.0 Å². The Kier molecular flexibility index (Phi) is 5.39.